The predicted octanol–water partition coefficient (Wildman–Crippen LogP) is 3.08. The van der Waals surface area contributed by atoms with Crippen molar-refractivity contribution in [1.29, 1.82) is 0 Å². The van der Waals surface area contributed by atoms with Gasteiger partial charge in [0.15, 0.2) is 0 Å². The smallest absolute Gasteiger partial charge is 0.303 e. The number of nitrogens with one attached hydrogen (secondary N) is 2. The lowest BCUT2D eigenvalue weighted by Crippen LogP contribution is -1.99. The lowest BCUT2D eigenvalue weighted by atomic mass is 10.0. The van der Waals surface area contributed by atoms with Crippen LogP contribution < -0.4 is 5.32 Å². The summed E-state index contributed by atoms with van der Waals surface area (Å²) >= 11 is 0. The maximum atomic E-state index is 10.7. The number of aliphatic carboxylic acids is 1. The average molecular weight is 298 g/mol. The van der Waals surface area contributed by atoms with E-state index >= 15 is 0 Å². The summed E-state index contributed by atoms with van der Waals surface area (Å²) in [6.45, 7) is 1.95. The van der Waals surface area contributed by atoms with Crippen LogP contribution >= 0.6 is 0 Å². The predicted molar refractivity (Wildman–Crippen MR) is 86.5 cm³/mol. The minimum absolute atomic E-state index is 0.100. The summed E-state index contributed by atoms with van der Waals surface area (Å²) in [6.07, 6.45) is 6.88. The van der Waals surface area contributed by atoms with Crippen molar-refractivity contribution in [2.24, 2.45) is 0 Å². The number of carboxylic acid groups (broad SMARTS) is 1. The van der Waals surface area contributed by atoms with Gasteiger partial charge in [0.1, 0.15) is 0 Å². The van der Waals surface area contributed by atoms with Gasteiger partial charge in [-0.1, -0.05) is 24.3 Å². The molecule has 1 heterocycles. The van der Waals surface area contributed by atoms with Crippen molar-refractivity contribution in [3.8, 4) is 0 Å². The Labute approximate surface area is 128 Å². The number of carbonyl (C=O) groups is 2. The number of anilines is 1. The van der Waals surface area contributed by atoms with Gasteiger partial charge in [-0.15, -0.1) is 0 Å². The highest BCUT2D eigenvalue weighted by molar-refractivity contribution is 5.82. The first kappa shape index (κ1) is 15.6. The van der Waals surface area contributed by atoms with E-state index in [1.807, 2.05) is 49.5 Å². The van der Waals surface area contributed by atoms with E-state index in [0.717, 1.165) is 28.1 Å². The highest BCUT2D eigenvalue weighted by Crippen LogP contribution is 2.21. The number of rotatable bonds is 7. The third-order valence-corrected chi connectivity index (χ3v) is 3.44. The molecule has 0 aliphatic rings. The van der Waals surface area contributed by atoms with Gasteiger partial charge in [0.2, 0.25) is 6.41 Å². The molecular weight excluding hydrogens is 280 g/mol. The number of hydrogen-bond donors (Lipinski definition) is 3. The molecule has 0 saturated carbocycles. The highest BCUT2D eigenvalue weighted by Gasteiger charge is 2.08. The summed E-state index contributed by atoms with van der Waals surface area (Å²) in [5, 5.41) is 11.5. The Morgan fingerprint density at radius 3 is 2.82 bits per heavy atom. The zero-order valence-corrected chi connectivity index (χ0v) is 12.3. The van der Waals surface area contributed by atoms with Gasteiger partial charge < -0.3 is 15.4 Å². The molecule has 0 aliphatic heterocycles. The van der Waals surface area contributed by atoms with Crippen molar-refractivity contribution < 1.29 is 14.7 Å². The summed E-state index contributed by atoms with van der Waals surface area (Å²) in [6, 6.07) is 7.45. The standard InChI is InChI=1S/C17H18N2O3/c1-12-10-18-16(14(12)7-9-17(21)22)8-6-13-4-2-3-5-15(13)19-11-20/h2-6,8,10-11,18H,7,9H2,1H3,(H,19,20)(H,21,22)/b8-6+. The minimum atomic E-state index is -0.809. The van der Waals surface area contributed by atoms with Crippen LogP contribution in [0.1, 0.15) is 28.8 Å². The quantitative estimate of drug-likeness (QED) is 0.687. The Morgan fingerprint density at radius 2 is 2.09 bits per heavy atom. The molecule has 2 aromatic rings. The molecule has 1 amide bonds. The lowest BCUT2D eigenvalue weighted by molar-refractivity contribution is -0.136. The number of hydrogen-bond acceptors (Lipinski definition) is 2. The van der Waals surface area contributed by atoms with E-state index in [1.54, 1.807) is 0 Å². The minimum Gasteiger partial charge on any atom is -0.481 e. The maximum Gasteiger partial charge on any atom is 0.303 e. The van der Waals surface area contributed by atoms with Gasteiger partial charge in [-0.05, 0) is 42.2 Å². The third-order valence-electron chi connectivity index (χ3n) is 3.44. The number of carboxylic acids is 1. The molecule has 114 valence electrons. The molecule has 1 aromatic heterocycles. The molecule has 0 spiro atoms. The van der Waals surface area contributed by atoms with Crippen LogP contribution in [0.25, 0.3) is 12.2 Å². The number of carbonyl (C=O) groups excluding carboxylic acids is 1. The summed E-state index contributed by atoms with van der Waals surface area (Å²) in [5.41, 5.74) is 4.54. The highest BCUT2D eigenvalue weighted by atomic mass is 16.4. The van der Waals surface area contributed by atoms with Crippen LogP contribution in [0.2, 0.25) is 0 Å². The molecule has 2 rings (SSSR count). The fraction of sp³-hybridized carbons (Fsp3) is 0.176. The fourth-order valence-corrected chi connectivity index (χ4v) is 2.30. The van der Waals surface area contributed by atoms with Crippen molar-refractivity contribution in [1.82, 2.24) is 4.98 Å². The van der Waals surface area contributed by atoms with E-state index in [1.165, 1.54) is 0 Å². The van der Waals surface area contributed by atoms with E-state index in [4.69, 9.17) is 5.11 Å². The number of H-pyrrole nitrogens is 1. The monoisotopic (exact) mass is 298 g/mol. The number of aromatic amines is 1. The van der Waals surface area contributed by atoms with Crippen molar-refractivity contribution in [2.75, 3.05) is 5.32 Å². The number of benzene rings is 1. The van der Waals surface area contributed by atoms with Crippen molar-refractivity contribution >= 4 is 30.2 Å². The fourth-order valence-electron chi connectivity index (χ4n) is 2.30. The molecule has 22 heavy (non-hydrogen) atoms. The summed E-state index contributed by atoms with van der Waals surface area (Å²) in [7, 11) is 0. The Morgan fingerprint density at radius 1 is 1.32 bits per heavy atom. The van der Waals surface area contributed by atoms with Gasteiger partial charge in [-0.3, -0.25) is 9.59 Å². The Balaban J connectivity index is 2.23. The first-order valence-electron chi connectivity index (χ1n) is 6.97. The molecule has 1 aromatic carbocycles. The first-order chi connectivity index (χ1) is 10.6. The van der Waals surface area contributed by atoms with Gasteiger partial charge in [-0.25, -0.2) is 0 Å². The number of amides is 1. The van der Waals surface area contributed by atoms with Crippen molar-refractivity contribution in [3.05, 3.63) is 52.8 Å². The summed E-state index contributed by atoms with van der Waals surface area (Å²) in [5.74, 6) is -0.809. The summed E-state index contributed by atoms with van der Waals surface area (Å²) < 4.78 is 0. The van der Waals surface area contributed by atoms with Crippen LogP contribution in [-0.4, -0.2) is 22.5 Å². The van der Waals surface area contributed by atoms with Gasteiger partial charge in [0.05, 0.1) is 0 Å². The second-order valence-electron chi connectivity index (χ2n) is 4.94. The molecule has 0 aliphatic carbocycles. The van der Waals surface area contributed by atoms with Crippen LogP contribution in [-0.2, 0) is 16.0 Å². The Bertz CT molecular complexity index is 702. The molecule has 5 nitrogen and oxygen atoms in total. The molecule has 0 saturated heterocycles. The Hall–Kier alpha value is -2.82. The van der Waals surface area contributed by atoms with E-state index in [-0.39, 0.29) is 6.42 Å². The van der Waals surface area contributed by atoms with Crippen LogP contribution in [0.4, 0.5) is 5.69 Å². The molecule has 0 bridgehead atoms. The van der Waals surface area contributed by atoms with Gasteiger partial charge >= 0.3 is 5.97 Å². The van der Waals surface area contributed by atoms with Gasteiger partial charge in [0.25, 0.3) is 0 Å². The van der Waals surface area contributed by atoms with Crippen LogP contribution in [0, 0.1) is 6.92 Å². The molecular formula is C17H18N2O3. The van der Waals surface area contributed by atoms with E-state index < -0.39 is 5.97 Å². The summed E-state index contributed by atoms with van der Waals surface area (Å²) in [4.78, 5) is 24.5. The molecule has 5 heteroatoms. The van der Waals surface area contributed by atoms with Gasteiger partial charge in [0, 0.05) is 24.0 Å². The lowest BCUT2D eigenvalue weighted by Gasteiger charge is -2.04. The van der Waals surface area contributed by atoms with Crippen LogP contribution in [0.5, 0.6) is 0 Å². The molecule has 0 radical (unpaired) electrons. The van der Waals surface area contributed by atoms with Crippen LogP contribution in [0.3, 0.4) is 0 Å². The third kappa shape index (κ3) is 3.85. The van der Waals surface area contributed by atoms with Gasteiger partial charge in [-0.2, -0.15) is 0 Å². The zero-order chi connectivity index (χ0) is 15.9. The van der Waals surface area contributed by atoms with Crippen molar-refractivity contribution in [3.63, 3.8) is 0 Å². The van der Waals surface area contributed by atoms with E-state index in [9.17, 15) is 9.59 Å². The molecule has 0 atom stereocenters. The Kier molecular flexibility index (Phi) is 5.14. The first-order valence-corrected chi connectivity index (χ1v) is 6.97. The number of aromatic nitrogens is 1. The molecule has 3 N–H and O–H groups in total. The van der Waals surface area contributed by atoms with E-state index in [0.29, 0.717) is 12.8 Å². The topological polar surface area (TPSA) is 82.2 Å². The van der Waals surface area contributed by atoms with E-state index in [2.05, 4.69) is 10.3 Å². The normalized spacial score (nSPS) is 10.8. The second-order valence-corrected chi connectivity index (χ2v) is 4.94. The number of aryl methyl sites for hydroxylation is 1. The molecule has 0 unspecified atom stereocenters. The average Bonchev–Trinajstić information content (AvgIpc) is 2.85. The van der Waals surface area contributed by atoms with Crippen LogP contribution in [0.15, 0.2) is 30.5 Å². The zero-order valence-electron chi connectivity index (χ0n) is 12.3. The second kappa shape index (κ2) is 7.26. The number of para-hydroxylation sites is 1. The van der Waals surface area contributed by atoms with Crippen molar-refractivity contribution in [2.45, 2.75) is 19.8 Å². The molecule has 0 fully saturated rings. The SMILES string of the molecule is Cc1c[nH]c(/C=C/c2ccccc2NC=O)c1CCC(=O)O. The maximum absolute atomic E-state index is 10.7. The largest absolute Gasteiger partial charge is 0.481 e.